The maximum atomic E-state index is 13.6. The van der Waals surface area contributed by atoms with Crippen LogP contribution in [0.2, 0.25) is 0 Å². The summed E-state index contributed by atoms with van der Waals surface area (Å²) in [6.07, 6.45) is -0.544. The smallest absolute Gasteiger partial charge is 0.306 e. The van der Waals surface area contributed by atoms with Gasteiger partial charge >= 0.3 is 5.97 Å². The fourth-order valence-corrected chi connectivity index (χ4v) is 1.24. The van der Waals surface area contributed by atoms with E-state index < -0.39 is 18.1 Å². The Bertz CT molecular complexity index is 362. The molecule has 1 aromatic rings. The summed E-state index contributed by atoms with van der Waals surface area (Å²) < 4.78 is 13.6. The van der Waals surface area contributed by atoms with Gasteiger partial charge in [-0.1, -0.05) is 0 Å². The number of aromatic hydroxyl groups is 1. The number of carbonyl (C=O) groups is 1. The second-order valence-corrected chi connectivity index (χ2v) is 3.88. The number of carboxylic acids is 1. The van der Waals surface area contributed by atoms with Crippen molar-refractivity contribution in [2.24, 2.45) is 0 Å². The zero-order valence-electron chi connectivity index (χ0n) is 8.90. The lowest BCUT2D eigenvalue weighted by Crippen LogP contribution is -2.31. The summed E-state index contributed by atoms with van der Waals surface area (Å²) in [5, 5.41) is 20.3. The predicted octanol–water partition coefficient (Wildman–Crippen LogP) is 2.01. The second-order valence-electron chi connectivity index (χ2n) is 3.88. The van der Waals surface area contributed by atoms with Gasteiger partial charge in [0.25, 0.3) is 0 Å². The number of carboxylic acid groups (broad SMARTS) is 1. The molecule has 0 saturated carbocycles. The molecule has 1 aromatic carbocycles. The number of nitrogens with one attached hydrogen (secondary N) is 1. The summed E-state index contributed by atoms with van der Waals surface area (Å²) in [4.78, 5) is 10.4. The molecule has 0 fully saturated rings. The van der Waals surface area contributed by atoms with Crippen LogP contribution >= 0.6 is 0 Å². The van der Waals surface area contributed by atoms with Gasteiger partial charge in [-0.15, -0.1) is 0 Å². The van der Waals surface area contributed by atoms with E-state index in [2.05, 4.69) is 5.32 Å². The largest absolute Gasteiger partial charge is 0.508 e. The average Bonchev–Trinajstić information content (AvgIpc) is 2.15. The predicted molar refractivity (Wildman–Crippen MR) is 58.4 cm³/mol. The van der Waals surface area contributed by atoms with Crippen molar-refractivity contribution in [2.75, 3.05) is 11.9 Å². The molecule has 0 amide bonds. The van der Waals surface area contributed by atoms with Crippen LogP contribution in [0.5, 0.6) is 5.75 Å². The van der Waals surface area contributed by atoms with Crippen molar-refractivity contribution in [1.29, 1.82) is 0 Å². The fraction of sp³-hybridized carbons (Fsp3) is 0.364. The molecule has 0 bridgehead atoms. The van der Waals surface area contributed by atoms with E-state index in [1.807, 2.05) is 0 Å². The number of hydrogen-bond acceptors (Lipinski definition) is 3. The highest BCUT2D eigenvalue weighted by atomic mass is 19.1. The number of halogens is 1. The third kappa shape index (κ3) is 4.16. The summed E-state index contributed by atoms with van der Waals surface area (Å²) >= 11 is 0. The van der Waals surface area contributed by atoms with E-state index in [4.69, 9.17) is 10.2 Å². The summed E-state index contributed by atoms with van der Waals surface area (Å²) in [6, 6.07) is 6.11. The molecule has 0 spiro atoms. The van der Waals surface area contributed by atoms with Crippen LogP contribution in [0.1, 0.15) is 13.3 Å². The molecule has 0 radical (unpaired) electrons. The molecule has 1 rings (SSSR count). The quantitative estimate of drug-likeness (QED) is 0.673. The van der Waals surface area contributed by atoms with Crippen molar-refractivity contribution in [3.05, 3.63) is 24.3 Å². The molecule has 16 heavy (non-hydrogen) atoms. The molecule has 0 aliphatic heterocycles. The Morgan fingerprint density at radius 3 is 2.50 bits per heavy atom. The van der Waals surface area contributed by atoms with Gasteiger partial charge < -0.3 is 15.5 Å². The van der Waals surface area contributed by atoms with E-state index in [0.717, 1.165) is 0 Å². The highest BCUT2D eigenvalue weighted by Crippen LogP contribution is 2.18. The van der Waals surface area contributed by atoms with Crippen molar-refractivity contribution in [2.45, 2.75) is 19.0 Å². The Kier molecular flexibility index (Phi) is 3.71. The summed E-state index contributed by atoms with van der Waals surface area (Å²) in [7, 11) is 0. The molecule has 1 atom stereocenters. The van der Waals surface area contributed by atoms with Crippen LogP contribution < -0.4 is 5.32 Å². The van der Waals surface area contributed by atoms with E-state index in [1.54, 1.807) is 12.1 Å². The summed E-state index contributed by atoms with van der Waals surface area (Å²) in [6.45, 7) is 1.14. The number of phenols is 1. The second kappa shape index (κ2) is 4.83. The summed E-state index contributed by atoms with van der Waals surface area (Å²) in [5.74, 6) is -1.04. The lowest BCUT2D eigenvalue weighted by molar-refractivity contribution is -0.139. The first kappa shape index (κ1) is 12.3. The van der Waals surface area contributed by atoms with Crippen molar-refractivity contribution in [1.82, 2.24) is 0 Å². The zero-order chi connectivity index (χ0) is 12.2. The molecule has 4 nitrogen and oxygen atoms in total. The van der Waals surface area contributed by atoms with Crippen LogP contribution in [0, 0.1) is 0 Å². The SMILES string of the molecule is CC(F)(CNc1ccc(O)cc1)CC(=O)O. The molecule has 0 heterocycles. The number of rotatable bonds is 5. The number of alkyl halides is 1. The lowest BCUT2D eigenvalue weighted by Gasteiger charge is -2.19. The summed E-state index contributed by atoms with van der Waals surface area (Å²) in [5.41, 5.74) is -1.17. The van der Waals surface area contributed by atoms with Crippen molar-refractivity contribution in [3.8, 4) is 5.75 Å². The maximum Gasteiger partial charge on any atom is 0.306 e. The van der Waals surface area contributed by atoms with Gasteiger partial charge in [0.05, 0.1) is 6.42 Å². The normalized spacial score (nSPS) is 14.1. The van der Waals surface area contributed by atoms with Crippen LogP contribution in [-0.2, 0) is 4.79 Å². The van der Waals surface area contributed by atoms with Crippen LogP contribution in [0.25, 0.3) is 0 Å². The van der Waals surface area contributed by atoms with Gasteiger partial charge in [0.2, 0.25) is 0 Å². The third-order valence-corrected chi connectivity index (χ3v) is 2.05. The first-order chi connectivity index (χ1) is 7.39. The first-order valence-corrected chi connectivity index (χ1v) is 4.83. The van der Waals surface area contributed by atoms with Gasteiger partial charge in [-0.25, -0.2) is 4.39 Å². The maximum absolute atomic E-state index is 13.6. The molecule has 88 valence electrons. The number of anilines is 1. The monoisotopic (exact) mass is 227 g/mol. The molecular formula is C11H14FNO3. The number of benzene rings is 1. The zero-order valence-corrected chi connectivity index (χ0v) is 8.90. The van der Waals surface area contributed by atoms with Crippen LogP contribution in [-0.4, -0.2) is 28.4 Å². The minimum Gasteiger partial charge on any atom is -0.508 e. The average molecular weight is 227 g/mol. The van der Waals surface area contributed by atoms with Crippen molar-refractivity contribution >= 4 is 11.7 Å². The molecule has 0 aliphatic carbocycles. The molecule has 3 N–H and O–H groups in total. The van der Waals surface area contributed by atoms with Gasteiger partial charge in [-0.05, 0) is 31.2 Å². The number of hydrogen-bond donors (Lipinski definition) is 3. The van der Waals surface area contributed by atoms with Gasteiger partial charge in [-0.2, -0.15) is 0 Å². The van der Waals surface area contributed by atoms with Crippen LogP contribution in [0.3, 0.4) is 0 Å². The van der Waals surface area contributed by atoms with Crippen LogP contribution in [0.4, 0.5) is 10.1 Å². The number of phenolic OH excluding ortho intramolecular Hbond substituents is 1. The Labute approximate surface area is 92.7 Å². The minimum absolute atomic E-state index is 0.0932. The Morgan fingerprint density at radius 2 is 2.00 bits per heavy atom. The minimum atomic E-state index is -1.80. The number of aliphatic carboxylic acids is 1. The molecule has 5 heteroatoms. The standard InChI is InChI=1S/C11H14FNO3/c1-11(12,6-10(15)16)7-13-8-2-4-9(14)5-3-8/h2-5,13-14H,6-7H2,1H3,(H,15,16). The molecule has 0 aliphatic rings. The Balaban J connectivity index is 2.50. The Hall–Kier alpha value is -1.78. The molecule has 0 saturated heterocycles. The molecular weight excluding hydrogens is 213 g/mol. The van der Waals surface area contributed by atoms with Crippen LogP contribution in [0.15, 0.2) is 24.3 Å². The van der Waals surface area contributed by atoms with Gasteiger partial charge in [-0.3, -0.25) is 4.79 Å². The van der Waals surface area contributed by atoms with E-state index >= 15 is 0 Å². The molecule has 0 aromatic heterocycles. The van der Waals surface area contributed by atoms with Gasteiger partial charge in [0, 0.05) is 12.2 Å². The van der Waals surface area contributed by atoms with Crippen molar-refractivity contribution in [3.63, 3.8) is 0 Å². The fourth-order valence-electron chi connectivity index (χ4n) is 1.24. The highest BCUT2D eigenvalue weighted by molar-refractivity contribution is 5.68. The van der Waals surface area contributed by atoms with E-state index in [0.29, 0.717) is 5.69 Å². The van der Waals surface area contributed by atoms with E-state index in [9.17, 15) is 9.18 Å². The third-order valence-electron chi connectivity index (χ3n) is 2.05. The van der Waals surface area contributed by atoms with E-state index in [-0.39, 0.29) is 12.3 Å². The first-order valence-electron chi connectivity index (χ1n) is 4.83. The lowest BCUT2D eigenvalue weighted by atomic mass is 10.0. The highest BCUT2D eigenvalue weighted by Gasteiger charge is 2.26. The topological polar surface area (TPSA) is 69.6 Å². The molecule has 1 unspecified atom stereocenters. The van der Waals surface area contributed by atoms with E-state index in [1.165, 1.54) is 19.1 Å². The van der Waals surface area contributed by atoms with Gasteiger partial charge in [0.1, 0.15) is 11.4 Å². The Morgan fingerprint density at radius 1 is 1.44 bits per heavy atom. The van der Waals surface area contributed by atoms with Gasteiger partial charge in [0.15, 0.2) is 0 Å². The van der Waals surface area contributed by atoms with Crippen molar-refractivity contribution < 1.29 is 19.4 Å².